The summed E-state index contributed by atoms with van der Waals surface area (Å²) in [5, 5.41) is 9.73. The number of hydrogen-bond acceptors (Lipinski definition) is 2. The Hall–Kier alpha value is -1.61. The number of aliphatic hydroxyl groups is 1. The molecule has 1 unspecified atom stereocenters. The van der Waals surface area contributed by atoms with Crippen LogP contribution in [-0.4, -0.2) is 23.7 Å². The van der Waals surface area contributed by atoms with E-state index in [0.29, 0.717) is 18.5 Å². The lowest BCUT2D eigenvalue weighted by molar-refractivity contribution is -0.115. The molecule has 0 spiro atoms. The molecule has 0 bridgehead atoms. The fourth-order valence-electron chi connectivity index (χ4n) is 2.00. The van der Waals surface area contributed by atoms with Crippen molar-refractivity contribution in [3.05, 3.63) is 42.0 Å². The largest absolute Gasteiger partial charge is 0.391 e. The number of hydrogen-bond donors (Lipinski definition) is 1. The molecule has 3 nitrogen and oxygen atoms in total. The van der Waals surface area contributed by atoms with Crippen LogP contribution in [0.5, 0.6) is 0 Å². The fourth-order valence-corrected chi connectivity index (χ4v) is 2.00. The summed E-state index contributed by atoms with van der Waals surface area (Å²) in [7, 11) is 0. The molecule has 0 aliphatic carbocycles. The van der Waals surface area contributed by atoms with Crippen LogP contribution in [0.2, 0.25) is 0 Å². The zero-order valence-corrected chi connectivity index (χ0v) is 9.31. The second kappa shape index (κ2) is 4.10. The van der Waals surface area contributed by atoms with Crippen molar-refractivity contribution in [3.63, 3.8) is 0 Å². The molecular formula is C13H15NO2. The summed E-state index contributed by atoms with van der Waals surface area (Å²) in [4.78, 5) is 13.5. The van der Waals surface area contributed by atoms with Gasteiger partial charge in [-0.05, 0) is 18.6 Å². The molecule has 0 saturated heterocycles. The number of benzene rings is 1. The first-order chi connectivity index (χ1) is 7.59. The molecule has 1 atom stereocenters. The smallest absolute Gasteiger partial charge is 0.253 e. The van der Waals surface area contributed by atoms with E-state index >= 15 is 0 Å². The third kappa shape index (κ3) is 1.86. The number of rotatable bonds is 1. The van der Waals surface area contributed by atoms with Gasteiger partial charge in [-0.3, -0.25) is 4.79 Å². The highest BCUT2D eigenvalue weighted by atomic mass is 16.3. The predicted molar refractivity (Wildman–Crippen MR) is 63.3 cm³/mol. The number of anilines is 1. The number of β-amino-alcohol motifs (C(OH)–C–C–N with tert-alkyl or cyclic N) is 1. The van der Waals surface area contributed by atoms with Crippen molar-refractivity contribution in [1.82, 2.24) is 0 Å². The summed E-state index contributed by atoms with van der Waals surface area (Å²) in [5.41, 5.74) is 2.39. The number of nitrogens with zero attached hydrogens (tertiary/aromatic N) is 1. The molecule has 84 valence electrons. The van der Waals surface area contributed by atoms with Crippen LogP contribution in [0, 0.1) is 0 Å². The van der Waals surface area contributed by atoms with Gasteiger partial charge in [0.25, 0.3) is 5.91 Å². The van der Waals surface area contributed by atoms with Gasteiger partial charge in [0.15, 0.2) is 0 Å². The van der Waals surface area contributed by atoms with Crippen LogP contribution in [0.25, 0.3) is 0 Å². The molecular weight excluding hydrogens is 202 g/mol. The number of para-hydroxylation sites is 1. The standard InChI is InChI=1S/C13H15NO2/c1-9(2)13(16)14-8-11(15)7-10-5-3-4-6-12(10)14/h3-6,11,15H,1,7-8H2,2H3. The Morgan fingerprint density at radius 3 is 2.88 bits per heavy atom. The number of carbonyl (C=O) groups is 1. The third-order valence-electron chi connectivity index (χ3n) is 2.74. The first-order valence-corrected chi connectivity index (χ1v) is 5.33. The molecule has 1 aromatic carbocycles. The quantitative estimate of drug-likeness (QED) is 0.724. The van der Waals surface area contributed by atoms with Gasteiger partial charge in [0.05, 0.1) is 12.6 Å². The second-order valence-electron chi connectivity index (χ2n) is 4.18. The van der Waals surface area contributed by atoms with Crippen LogP contribution >= 0.6 is 0 Å². The van der Waals surface area contributed by atoms with Gasteiger partial charge in [-0.1, -0.05) is 24.8 Å². The zero-order chi connectivity index (χ0) is 11.7. The molecule has 1 heterocycles. The molecule has 1 aliphatic rings. The summed E-state index contributed by atoms with van der Waals surface area (Å²) in [6.07, 6.45) is 0.120. The van der Waals surface area contributed by atoms with Gasteiger partial charge in [0.1, 0.15) is 0 Å². The molecule has 0 radical (unpaired) electrons. The lowest BCUT2D eigenvalue weighted by Crippen LogP contribution is -2.42. The van der Waals surface area contributed by atoms with Gasteiger partial charge in [0, 0.05) is 17.7 Å². The minimum atomic E-state index is -0.488. The molecule has 16 heavy (non-hydrogen) atoms. The van der Waals surface area contributed by atoms with Crippen molar-refractivity contribution < 1.29 is 9.90 Å². The van der Waals surface area contributed by atoms with E-state index in [-0.39, 0.29) is 5.91 Å². The van der Waals surface area contributed by atoms with Gasteiger partial charge in [-0.2, -0.15) is 0 Å². The summed E-state index contributed by atoms with van der Waals surface area (Å²) in [5.74, 6) is -0.119. The normalized spacial score (nSPS) is 19.1. The lowest BCUT2D eigenvalue weighted by Gasteiger charge is -2.32. The Labute approximate surface area is 95.0 Å². The minimum absolute atomic E-state index is 0.119. The monoisotopic (exact) mass is 217 g/mol. The van der Waals surface area contributed by atoms with Crippen LogP contribution < -0.4 is 4.90 Å². The SMILES string of the molecule is C=C(C)C(=O)N1CC(O)Cc2ccccc21. The van der Waals surface area contributed by atoms with E-state index in [2.05, 4.69) is 6.58 Å². The molecule has 1 aliphatic heterocycles. The summed E-state index contributed by atoms with van der Waals surface area (Å²) in [6.45, 7) is 5.69. The van der Waals surface area contributed by atoms with E-state index in [4.69, 9.17) is 0 Å². The zero-order valence-electron chi connectivity index (χ0n) is 9.31. The first kappa shape index (κ1) is 10.9. The Morgan fingerprint density at radius 2 is 2.19 bits per heavy atom. The van der Waals surface area contributed by atoms with Crippen LogP contribution in [-0.2, 0) is 11.2 Å². The topological polar surface area (TPSA) is 40.5 Å². The Bertz CT molecular complexity index is 439. The highest BCUT2D eigenvalue weighted by Gasteiger charge is 2.26. The van der Waals surface area contributed by atoms with Crippen LogP contribution in [0.15, 0.2) is 36.4 Å². The van der Waals surface area contributed by atoms with Crippen molar-refractivity contribution >= 4 is 11.6 Å². The number of aliphatic hydroxyl groups excluding tert-OH is 1. The van der Waals surface area contributed by atoms with Gasteiger partial charge in [0.2, 0.25) is 0 Å². The lowest BCUT2D eigenvalue weighted by atomic mass is 9.99. The summed E-state index contributed by atoms with van der Waals surface area (Å²) < 4.78 is 0. The van der Waals surface area contributed by atoms with Crippen molar-refractivity contribution in [2.75, 3.05) is 11.4 Å². The van der Waals surface area contributed by atoms with Gasteiger partial charge < -0.3 is 10.0 Å². The second-order valence-corrected chi connectivity index (χ2v) is 4.18. The average molecular weight is 217 g/mol. The van der Waals surface area contributed by atoms with Gasteiger partial charge in [-0.25, -0.2) is 0 Å². The van der Waals surface area contributed by atoms with E-state index < -0.39 is 6.10 Å². The van der Waals surface area contributed by atoms with Crippen molar-refractivity contribution in [3.8, 4) is 0 Å². The Balaban J connectivity index is 2.41. The third-order valence-corrected chi connectivity index (χ3v) is 2.74. The van der Waals surface area contributed by atoms with Gasteiger partial charge >= 0.3 is 0 Å². The molecule has 2 rings (SSSR count). The molecule has 0 saturated carbocycles. The molecule has 1 N–H and O–H groups in total. The van der Waals surface area contributed by atoms with Crippen molar-refractivity contribution in [2.24, 2.45) is 0 Å². The maximum atomic E-state index is 11.9. The number of amides is 1. The highest BCUT2D eigenvalue weighted by Crippen LogP contribution is 2.27. The molecule has 3 heteroatoms. The Kier molecular flexibility index (Phi) is 2.79. The van der Waals surface area contributed by atoms with Crippen LogP contribution in [0.4, 0.5) is 5.69 Å². The average Bonchev–Trinajstić information content (AvgIpc) is 2.26. The fraction of sp³-hybridized carbons (Fsp3) is 0.308. The molecule has 1 amide bonds. The maximum absolute atomic E-state index is 11.9. The minimum Gasteiger partial charge on any atom is -0.391 e. The number of carbonyl (C=O) groups excluding carboxylic acids is 1. The van der Waals surface area contributed by atoms with E-state index in [1.54, 1.807) is 11.8 Å². The maximum Gasteiger partial charge on any atom is 0.253 e. The van der Waals surface area contributed by atoms with Crippen LogP contribution in [0.3, 0.4) is 0 Å². The van der Waals surface area contributed by atoms with E-state index in [1.807, 2.05) is 24.3 Å². The van der Waals surface area contributed by atoms with E-state index in [0.717, 1.165) is 11.3 Å². The summed E-state index contributed by atoms with van der Waals surface area (Å²) >= 11 is 0. The first-order valence-electron chi connectivity index (χ1n) is 5.33. The van der Waals surface area contributed by atoms with Crippen LogP contribution in [0.1, 0.15) is 12.5 Å². The molecule has 1 aromatic rings. The summed E-state index contributed by atoms with van der Waals surface area (Å²) in [6, 6.07) is 7.66. The highest BCUT2D eigenvalue weighted by molar-refractivity contribution is 6.05. The van der Waals surface area contributed by atoms with Gasteiger partial charge in [-0.15, -0.1) is 0 Å². The number of fused-ring (bicyclic) bond motifs is 1. The van der Waals surface area contributed by atoms with E-state index in [9.17, 15) is 9.90 Å². The Morgan fingerprint density at radius 1 is 1.50 bits per heavy atom. The molecule has 0 fully saturated rings. The molecule has 0 aromatic heterocycles. The van der Waals surface area contributed by atoms with Crippen molar-refractivity contribution in [2.45, 2.75) is 19.4 Å². The van der Waals surface area contributed by atoms with E-state index in [1.165, 1.54) is 0 Å². The predicted octanol–water partition coefficient (Wildman–Crippen LogP) is 1.51. The van der Waals surface area contributed by atoms with Crippen molar-refractivity contribution in [1.29, 1.82) is 0 Å².